The highest BCUT2D eigenvalue weighted by Crippen LogP contribution is 2.29. The van der Waals surface area contributed by atoms with Gasteiger partial charge in [0, 0.05) is 12.1 Å². The van der Waals surface area contributed by atoms with Crippen LogP contribution in [0.15, 0.2) is 42.5 Å². The molecule has 0 aliphatic carbocycles. The van der Waals surface area contributed by atoms with Crippen LogP contribution >= 0.6 is 11.6 Å². The second-order valence-electron chi connectivity index (χ2n) is 5.67. The lowest BCUT2D eigenvalue weighted by molar-refractivity contribution is 0.00311. The summed E-state index contributed by atoms with van der Waals surface area (Å²) in [6.45, 7) is 2.14. The van der Waals surface area contributed by atoms with Gasteiger partial charge in [0.05, 0.1) is 20.8 Å². The van der Waals surface area contributed by atoms with E-state index in [1.54, 1.807) is 31.4 Å². The van der Waals surface area contributed by atoms with Crippen molar-refractivity contribution in [2.45, 2.75) is 12.5 Å². The van der Waals surface area contributed by atoms with E-state index >= 15 is 0 Å². The molecule has 2 aromatic rings. The zero-order valence-electron chi connectivity index (χ0n) is 14.8. The van der Waals surface area contributed by atoms with Crippen molar-refractivity contribution in [1.29, 1.82) is 0 Å². The molecule has 25 heavy (non-hydrogen) atoms. The second-order valence-corrected chi connectivity index (χ2v) is 6.10. The first kappa shape index (κ1) is 19.1. The van der Waals surface area contributed by atoms with Crippen LogP contribution in [0.4, 0.5) is 0 Å². The van der Waals surface area contributed by atoms with E-state index in [-0.39, 0.29) is 12.5 Å². The van der Waals surface area contributed by atoms with Crippen molar-refractivity contribution in [3.63, 3.8) is 0 Å². The van der Waals surface area contributed by atoms with E-state index in [1.807, 2.05) is 25.1 Å². The number of carbonyl (C=O) groups excluding carboxylic acids is 1. The summed E-state index contributed by atoms with van der Waals surface area (Å²) >= 11 is 6.07. The third kappa shape index (κ3) is 4.24. The highest BCUT2D eigenvalue weighted by Gasteiger charge is 2.28. The van der Waals surface area contributed by atoms with Crippen LogP contribution in [-0.2, 0) is 10.3 Å². The summed E-state index contributed by atoms with van der Waals surface area (Å²) in [5.74, 6) is 0.581. The van der Waals surface area contributed by atoms with Gasteiger partial charge in [-0.05, 0) is 36.8 Å². The number of halogens is 1. The minimum absolute atomic E-state index is 0.254. The van der Waals surface area contributed by atoms with Crippen LogP contribution < -0.4 is 14.8 Å². The Morgan fingerprint density at radius 2 is 1.68 bits per heavy atom. The average molecular weight is 364 g/mol. The molecule has 0 aliphatic heterocycles. The van der Waals surface area contributed by atoms with Crippen molar-refractivity contribution in [2.75, 3.05) is 27.9 Å². The summed E-state index contributed by atoms with van der Waals surface area (Å²) in [6, 6.07) is 12.6. The van der Waals surface area contributed by atoms with E-state index in [2.05, 4.69) is 5.32 Å². The Kier molecular flexibility index (Phi) is 6.28. The molecule has 0 fully saturated rings. The normalized spacial score (nSPS) is 13.0. The van der Waals surface area contributed by atoms with Gasteiger partial charge in [-0.2, -0.15) is 0 Å². The fraction of sp³-hybridized carbons (Fsp3) is 0.316. The minimum Gasteiger partial charge on any atom is -0.496 e. The highest BCUT2D eigenvalue weighted by molar-refractivity contribution is 6.30. The molecule has 1 atom stereocenters. The number of hydrogen-bond donors (Lipinski definition) is 1. The Hall–Kier alpha value is -2.24. The predicted octanol–water partition coefficient (Wildman–Crippen LogP) is 3.65. The van der Waals surface area contributed by atoms with E-state index < -0.39 is 5.60 Å². The predicted molar refractivity (Wildman–Crippen MR) is 97.7 cm³/mol. The Bertz CT molecular complexity index is 728. The third-order valence-electron chi connectivity index (χ3n) is 4.13. The van der Waals surface area contributed by atoms with Crippen LogP contribution in [0.2, 0.25) is 5.02 Å². The van der Waals surface area contributed by atoms with E-state index in [9.17, 15) is 4.79 Å². The number of amides is 1. The van der Waals surface area contributed by atoms with Crippen molar-refractivity contribution in [3.8, 4) is 11.5 Å². The van der Waals surface area contributed by atoms with Gasteiger partial charge >= 0.3 is 0 Å². The van der Waals surface area contributed by atoms with E-state index in [0.717, 1.165) is 5.56 Å². The Balaban J connectivity index is 2.24. The zero-order chi connectivity index (χ0) is 18.4. The number of carbonyl (C=O) groups is 1. The van der Waals surface area contributed by atoms with Crippen LogP contribution in [0.5, 0.6) is 11.5 Å². The van der Waals surface area contributed by atoms with E-state index in [4.69, 9.17) is 25.8 Å². The zero-order valence-corrected chi connectivity index (χ0v) is 15.5. The van der Waals surface area contributed by atoms with Crippen LogP contribution in [-0.4, -0.2) is 33.8 Å². The molecule has 0 spiro atoms. The molecule has 1 N–H and O–H groups in total. The Labute approximate surface area is 152 Å². The van der Waals surface area contributed by atoms with Gasteiger partial charge < -0.3 is 19.5 Å². The molecule has 0 radical (unpaired) electrons. The first-order chi connectivity index (χ1) is 11.9. The fourth-order valence-electron chi connectivity index (χ4n) is 2.52. The highest BCUT2D eigenvalue weighted by atomic mass is 35.5. The maximum atomic E-state index is 12.7. The van der Waals surface area contributed by atoms with Gasteiger partial charge in [-0.15, -0.1) is 0 Å². The third-order valence-corrected chi connectivity index (χ3v) is 4.36. The quantitative estimate of drug-likeness (QED) is 0.815. The van der Waals surface area contributed by atoms with Gasteiger partial charge in [-0.3, -0.25) is 4.79 Å². The lowest BCUT2D eigenvalue weighted by Gasteiger charge is -2.29. The summed E-state index contributed by atoms with van der Waals surface area (Å²) in [6.07, 6.45) is 0. The molecule has 2 rings (SSSR count). The standard InChI is InChI=1S/C19H22ClNO4/c1-19(25-4,13-7-5-8-14(20)11-13)12-21-18(22)17-15(23-2)9-6-10-16(17)24-3/h5-11H,12H2,1-4H3,(H,21,22). The average Bonchev–Trinajstić information content (AvgIpc) is 2.65. The summed E-state index contributed by atoms with van der Waals surface area (Å²) in [5.41, 5.74) is 0.488. The van der Waals surface area contributed by atoms with Crippen LogP contribution in [0, 0.1) is 0 Å². The first-order valence-corrected chi connectivity index (χ1v) is 8.13. The smallest absolute Gasteiger partial charge is 0.258 e. The van der Waals surface area contributed by atoms with E-state index in [1.165, 1.54) is 14.2 Å². The topological polar surface area (TPSA) is 56.8 Å². The molecular weight excluding hydrogens is 342 g/mol. The van der Waals surface area contributed by atoms with Crippen molar-refractivity contribution in [3.05, 3.63) is 58.6 Å². The molecule has 0 heterocycles. The van der Waals surface area contributed by atoms with Gasteiger partial charge in [0.15, 0.2) is 0 Å². The summed E-state index contributed by atoms with van der Waals surface area (Å²) in [4.78, 5) is 12.7. The number of methoxy groups -OCH3 is 3. The van der Waals surface area contributed by atoms with Crippen molar-refractivity contribution >= 4 is 17.5 Å². The molecule has 0 bridgehead atoms. The summed E-state index contributed by atoms with van der Waals surface area (Å²) in [5, 5.41) is 3.50. The summed E-state index contributed by atoms with van der Waals surface area (Å²) < 4.78 is 16.2. The summed E-state index contributed by atoms with van der Waals surface area (Å²) in [7, 11) is 4.62. The molecule has 0 aromatic heterocycles. The molecule has 1 amide bonds. The molecule has 6 heteroatoms. The molecule has 0 saturated carbocycles. The molecule has 0 saturated heterocycles. The molecule has 2 aromatic carbocycles. The maximum Gasteiger partial charge on any atom is 0.258 e. The maximum absolute atomic E-state index is 12.7. The second kappa shape index (κ2) is 8.23. The molecule has 1 unspecified atom stereocenters. The Morgan fingerprint density at radius 3 is 2.20 bits per heavy atom. The number of hydrogen-bond acceptors (Lipinski definition) is 4. The van der Waals surface area contributed by atoms with Crippen LogP contribution in [0.25, 0.3) is 0 Å². The van der Waals surface area contributed by atoms with Crippen LogP contribution in [0.1, 0.15) is 22.8 Å². The van der Waals surface area contributed by atoms with Crippen molar-refractivity contribution in [2.24, 2.45) is 0 Å². The molecular formula is C19H22ClNO4. The molecule has 5 nitrogen and oxygen atoms in total. The molecule has 134 valence electrons. The van der Waals surface area contributed by atoms with Gasteiger partial charge in [-0.1, -0.05) is 29.8 Å². The first-order valence-electron chi connectivity index (χ1n) is 7.75. The number of ether oxygens (including phenoxy) is 3. The number of nitrogens with one attached hydrogen (secondary N) is 1. The molecule has 0 aliphatic rings. The lowest BCUT2D eigenvalue weighted by atomic mass is 9.95. The van der Waals surface area contributed by atoms with Crippen LogP contribution in [0.3, 0.4) is 0 Å². The largest absolute Gasteiger partial charge is 0.496 e. The van der Waals surface area contributed by atoms with Gasteiger partial charge in [0.2, 0.25) is 0 Å². The van der Waals surface area contributed by atoms with E-state index in [0.29, 0.717) is 22.1 Å². The fourth-order valence-corrected chi connectivity index (χ4v) is 2.71. The lowest BCUT2D eigenvalue weighted by Crippen LogP contribution is -2.40. The minimum atomic E-state index is -0.726. The Morgan fingerprint density at radius 1 is 1.08 bits per heavy atom. The SMILES string of the molecule is COc1cccc(OC)c1C(=O)NCC(C)(OC)c1cccc(Cl)c1. The van der Waals surface area contributed by atoms with Crippen molar-refractivity contribution in [1.82, 2.24) is 5.32 Å². The number of benzene rings is 2. The van der Waals surface area contributed by atoms with Gasteiger partial charge in [0.1, 0.15) is 22.7 Å². The van der Waals surface area contributed by atoms with Gasteiger partial charge in [-0.25, -0.2) is 0 Å². The van der Waals surface area contributed by atoms with Crippen molar-refractivity contribution < 1.29 is 19.0 Å². The number of rotatable bonds is 7. The monoisotopic (exact) mass is 363 g/mol. The van der Waals surface area contributed by atoms with Gasteiger partial charge in [0.25, 0.3) is 5.91 Å².